The lowest BCUT2D eigenvalue weighted by Gasteiger charge is -2.15. The molecule has 17 heavy (non-hydrogen) atoms. The summed E-state index contributed by atoms with van der Waals surface area (Å²) in [4.78, 5) is 11.7. The third-order valence-electron chi connectivity index (χ3n) is 2.94. The maximum absolute atomic E-state index is 11.7. The van der Waals surface area contributed by atoms with Crippen molar-refractivity contribution in [3.63, 3.8) is 0 Å². The minimum atomic E-state index is -0.214. The van der Waals surface area contributed by atoms with E-state index in [-0.39, 0.29) is 5.97 Å². The Morgan fingerprint density at radius 2 is 1.94 bits per heavy atom. The van der Waals surface area contributed by atoms with Crippen molar-refractivity contribution in [1.29, 1.82) is 0 Å². The number of carbonyl (C=O) groups is 1. The highest BCUT2D eigenvalue weighted by Crippen LogP contribution is 2.15. The van der Waals surface area contributed by atoms with Crippen LogP contribution in [0.1, 0.15) is 59.8 Å². The zero-order valence-corrected chi connectivity index (χ0v) is 11.9. The molecule has 0 radical (unpaired) electrons. The summed E-state index contributed by atoms with van der Waals surface area (Å²) >= 11 is 0. The number of esters is 1. The van der Waals surface area contributed by atoms with E-state index in [0.717, 1.165) is 19.3 Å². The molecule has 1 atom stereocenters. The first-order chi connectivity index (χ1) is 8.01. The molecule has 2 nitrogen and oxygen atoms in total. The first kappa shape index (κ1) is 16.2. The Kier molecular flexibility index (Phi) is 8.83. The SMILES string of the molecule is C=C(CC(C)C)C(=O)OC[C@H](CC)CCCC. The summed E-state index contributed by atoms with van der Waals surface area (Å²) in [5.74, 6) is 0.747. The summed E-state index contributed by atoms with van der Waals surface area (Å²) in [5, 5.41) is 0. The van der Waals surface area contributed by atoms with Crippen molar-refractivity contribution in [3.8, 4) is 0 Å². The maximum atomic E-state index is 11.7. The molecule has 2 heteroatoms. The molecule has 0 aliphatic rings. The van der Waals surface area contributed by atoms with Crippen LogP contribution < -0.4 is 0 Å². The highest BCUT2D eigenvalue weighted by atomic mass is 16.5. The first-order valence-electron chi connectivity index (χ1n) is 6.86. The molecule has 0 heterocycles. The summed E-state index contributed by atoms with van der Waals surface area (Å²) in [6.07, 6.45) is 5.36. The summed E-state index contributed by atoms with van der Waals surface area (Å²) < 4.78 is 5.32. The Bertz CT molecular complexity index is 231. The molecule has 0 aromatic rings. The Morgan fingerprint density at radius 1 is 1.29 bits per heavy atom. The molecule has 0 N–H and O–H groups in total. The van der Waals surface area contributed by atoms with E-state index in [9.17, 15) is 4.79 Å². The number of rotatable bonds is 9. The van der Waals surface area contributed by atoms with Gasteiger partial charge in [-0.3, -0.25) is 0 Å². The topological polar surface area (TPSA) is 26.3 Å². The smallest absolute Gasteiger partial charge is 0.333 e. The van der Waals surface area contributed by atoms with Crippen LogP contribution in [0.2, 0.25) is 0 Å². The van der Waals surface area contributed by atoms with Crippen LogP contribution in [0.5, 0.6) is 0 Å². The van der Waals surface area contributed by atoms with Crippen molar-refractivity contribution in [3.05, 3.63) is 12.2 Å². The van der Waals surface area contributed by atoms with E-state index in [2.05, 4.69) is 34.3 Å². The standard InChI is InChI=1S/C15H28O2/c1-6-8-9-14(7-2)11-17-15(16)13(5)10-12(3)4/h12,14H,5-11H2,1-4H3/t14-/m1/s1. The zero-order chi connectivity index (χ0) is 13.3. The molecule has 0 bridgehead atoms. The fraction of sp³-hybridized carbons (Fsp3) is 0.800. The van der Waals surface area contributed by atoms with Crippen LogP contribution in [0.15, 0.2) is 12.2 Å². The summed E-state index contributed by atoms with van der Waals surface area (Å²) in [6, 6.07) is 0. The fourth-order valence-corrected chi connectivity index (χ4v) is 1.77. The van der Waals surface area contributed by atoms with E-state index in [1.807, 2.05) is 0 Å². The van der Waals surface area contributed by atoms with Gasteiger partial charge in [0.25, 0.3) is 0 Å². The van der Waals surface area contributed by atoms with Crippen LogP contribution in [0.25, 0.3) is 0 Å². The molecule has 0 rings (SSSR count). The Hall–Kier alpha value is -0.790. The predicted octanol–water partition coefficient (Wildman–Crippen LogP) is 4.35. The normalized spacial score (nSPS) is 12.5. The van der Waals surface area contributed by atoms with Crippen LogP contribution in [0.3, 0.4) is 0 Å². The second-order valence-corrected chi connectivity index (χ2v) is 5.22. The van der Waals surface area contributed by atoms with E-state index in [1.54, 1.807) is 0 Å². The van der Waals surface area contributed by atoms with Crippen LogP contribution >= 0.6 is 0 Å². The van der Waals surface area contributed by atoms with E-state index in [0.29, 0.717) is 24.0 Å². The molecule has 0 aromatic carbocycles. The molecule has 0 amide bonds. The van der Waals surface area contributed by atoms with Gasteiger partial charge in [-0.1, -0.05) is 53.5 Å². The van der Waals surface area contributed by atoms with Crippen LogP contribution in [0.4, 0.5) is 0 Å². The first-order valence-corrected chi connectivity index (χ1v) is 6.86. The molecule has 0 saturated carbocycles. The lowest BCUT2D eigenvalue weighted by atomic mass is 10.0. The van der Waals surface area contributed by atoms with Gasteiger partial charge in [0, 0.05) is 5.57 Å². The third-order valence-corrected chi connectivity index (χ3v) is 2.94. The highest BCUT2D eigenvalue weighted by Gasteiger charge is 2.13. The van der Waals surface area contributed by atoms with Gasteiger partial charge in [0.2, 0.25) is 0 Å². The van der Waals surface area contributed by atoms with Crippen molar-refractivity contribution in [2.24, 2.45) is 11.8 Å². The van der Waals surface area contributed by atoms with Gasteiger partial charge >= 0.3 is 5.97 Å². The third kappa shape index (κ3) is 8.00. The number of ether oxygens (including phenoxy) is 1. The zero-order valence-electron chi connectivity index (χ0n) is 11.9. The largest absolute Gasteiger partial charge is 0.462 e. The van der Waals surface area contributed by atoms with Crippen molar-refractivity contribution in [2.45, 2.75) is 59.8 Å². The molecule has 0 aliphatic carbocycles. The highest BCUT2D eigenvalue weighted by molar-refractivity contribution is 5.87. The van der Waals surface area contributed by atoms with E-state index < -0.39 is 0 Å². The molecule has 0 unspecified atom stereocenters. The molecule has 0 saturated heterocycles. The molecule has 0 spiro atoms. The average molecular weight is 240 g/mol. The molecule has 0 fully saturated rings. The molecule has 100 valence electrons. The summed E-state index contributed by atoms with van der Waals surface area (Å²) in [5.41, 5.74) is 0.602. The van der Waals surface area contributed by atoms with Crippen molar-refractivity contribution in [1.82, 2.24) is 0 Å². The Labute approximate surface area is 106 Å². The van der Waals surface area contributed by atoms with Crippen LogP contribution in [-0.2, 0) is 9.53 Å². The lowest BCUT2D eigenvalue weighted by Crippen LogP contribution is -2.15. The van der Waals surface area contributed by atoms with Gasteiger partial charge in [0.15, 0.2) is 0 Å². The van der Waals surface area contributed by atoms with E-state index in [1.165, 1.54) is 12.8 Å². The van der Waals surface area contributed by atoms with Crippen molar-refractivity contribution in [2.75, 3.05) is 6.61 Å². The monoisotopic (exact) mass is 240 g/mol. The minimum Gasteiger partial charge on any atom is -0.462 e. The Balaban J connectivity index is 3.91. The minimum absolute atomic E-state index is 0.214. The molecular formula is C15H28O2. The van der Waals surface area contributed by atoms with Gasteiger partial charge in [-0.25, -0.2) is 4.79 Å². The molecule has 0 aliphatic heterocycles. The second kappa shape index (κ2) is 9.26. The van der Waals surface area contributed by atoms with Crippen molar-refractivity contribution < 1.29 is 9.53 Å². The van der Waals surface area contributed by atoms with Crippen LogP contribution in [-0.4, -0.2) is 12.6 Å². The van der Waals surface area contributed by atoms with E-state index >= 15 is 0 Å². The average Bonchev–Trinajstić information content (AvgIpc) is 2.28. The quantitative estimate of drug-likeness (QED) is 0.442. The number of hydrogen-bond acceptors (Lipinski definition) is 2. The van der Waals surface area contributed by atoms with Gasteiger partial charge in [-0.2, -0.15) is 0 Å². The lowest BCUT2D eigenvalue weighted by molar-refractivity contribution is -0.140. The summed E-state index contributed by atoms with van der Waals surface area (Å²) in [7, 11) is 0. The van der Waals surface area contributed by atoms with Crippen molar-refractivity contribution >= 4 is 5.97 Å². The van der Waals surface area contributed by atoms with Gasteiger partial charge in [-0.15, -0.1) is 0 Å². The number of unbranched alkanes of at least 4 members (excludes halogenated alkanes) is 1. The van der Waals surface area contributed by atoms with Gasteiger partial charge in [0.05, 0.1) is 6.61 Å². The molecule has 0 aromatic heterocycles. The number of hydrogen-bond donors (Lipinski definition) is 0. The van der Waals surface area contributed by atoms with Gasteiger partial charge in [-0.05, 0) is 24.7 Å². The summed E-state index contributed by atoms with van der Waals surface area (Å²) in [6.45, 7) is 12.8. The second-order valence-electron chi connectivity index (χ2n) is 5.22. The predicted molar refractivity (Wildman–Crippen MR) is 72.9 cm³/mol. The van der Waals surface area contributed by atoms with Crippen LogP contribution in [0, 0.1) is 11.8 Å². The van der Waals surface area contributed by atoms with Gasteiger partial charge in [0.1, 0.15) is 0 Å². The van der Waals surface area contributed by atoms with E-state index in [4.69, 9.17) is 4.74 Å². The fourth-order valence-electron chi connectivity index (χ4n) is 1.77. The number of carbonyl (C=O) groups excluding carboxylic acids is 1. The van der Waals surface area contributed by atoms with Gasteiger partial charge < -0.3 is 4.74 Å². The Morgan fingerprint density at radius 3 is 2.41 bits per heavy atom. The maximum Gasteiger partial charge on any atom is 0.333 e. The molecular weight excluding hydrogens is 212 g/mol.